The fourth-order valence-corrected chi connectivity index (χ4v) is 5.84. The van der Waals surface area contributed by atoms with Crippen LogP contribution >= 0.6 is 0 Å². The molecule has 0 amide bonds. The molecule has 0 saturated heterocycles. The molecular formula is C40H52IrNO2-. The number of nitrogens with zero attached hydrogens (tertiary/aromatic N) is 1. The molecule has 0 aliphatic heterocycles. The van der Waals surface area contributed by atoms with Gasteiger partial charge in [-0.05, 0) is 74.6 Å². The molecule has 0 bridgehead atoms. The van der Waals surface area contributed by atoms with Gasteiger partial charge in [-0.2, -0.15) is 0 Å². The molecule has 1 N–H and O–H groups in total. The van der Waals surface area contributed by atoms with Gasteiger partial charge in [-0.1, -0.05) is 96.7 Å². The number of rotatable bonds is 8. The second-order valence-corrected chi connectivity index (χ2v) is 13.4. The third-order valence-electron chi connectivity index (χ3n) is 9.15. The van der Waals surface area contributed by atoms with Gasteiger partial charge in [-0.25, -0.2) is 0 Å². The van der Waals surface area contributed by atoms with Crippen molar-refractivity contribution in [3.8, 4) is 11.3 Å². The first kappa shape index (κ1) is 37.4. The van der Waals surface area contributed by atoms with Crippen molar-refractivity contribution < 1.29 is 30.0 Å². The summed E-state index contributed by atoms with van der Waals surface area (Å²) >= 11 is 0. The number of aliphatic hydroxyl groups excluding tert-OH is 1. The number of pyridine rings is 1. The van der Waals surface area contributed by atoms with Gasteiger partial charge < -0.3 is 5.11 Å². The topological polar surface area (TPSA) is 50.2 Å². The smallest absolute Gasteiger partial charge is 0.164 e. The molecule has 3 aromatic carbocycles. The van der Waals surface area contributed by atoms with Crippen LogP contribution in [0, 0.1) is 38.2 Å². The van der Waals surface area contributed by atoms with E-state index in [4.69, 9.17) is 4.98 Å². The van der Waals surface area contributed by atoms with E-state index in [1.807, 2.05) is 34.6 Å². The normalized spacial score (nSPS) is 12.2. The van der Waals surface area contributed by atoms with E-state index in [0.717, 1.165) is 47.8 Å². The average molecular weight is 771 g/mol. The predicted molar refractivity (Wildman–Crippen MR) is 185 cm³/mol. The van der Waals surface area contributed by atoms with Crippen LogP contribution in [0.25, 0.3) is 32.9 Å². The molecule has 4 heteroatoms. The van der Waals surface area contributed by atoms with Crippen LogP contribution in [0.4, 0.5) is 0 Å². The Kier molecular flexibility index (Phi) is 13.1. The van der Waals surface area contributed by atoms with E-state index in [1.54, 1.807) is 0 Å². The standard InChI is InChI=1S/C26H26N.C14H26O2.Ir/c1-16-11-17(2)25-18(3)13-23(27-24(25)12-16)20-14-19-9-7-8-10-21(19)22(15-20)26(4,5)6;1-6-11(7-2)12(15)10-13(16)14(5,8-3)9-4;/h7-13,15H,1-6H3;10-11,15H,6-9H2,1-5H3;/q-1;;/b;12-10-;. The van der Waals surface area contributed by atoms with Gasteiger partial charge in [-0.15, -0.1) is 29.1 Å². The Labute approximate surface area is 279 Å². The van der Waals surface area contributed by atoms with Crippen molar-refractivity contribution in [2.24, 2.45) is 11.3 Å². The number of hydrogen-bond donors (Lipinski definition) is 1. The maximum atomic E-state index is 12.0. The number of hydrogen-bond acceptors (Lipinski definition) is 3. The first-order valence-corrected chi connectivity index (χ1v) is 16.0. The SMILES string of the molecule is CCC(CC)/C(O)=C/C(=O)C(C)(CC)CC.Cc1cc(C)c2c(C)cc(-c3[c-]c4ccccc4c(C(C)(C)C)c3)nc2c1.[Ir]. The molecule has 0 fully saturated rings. The molecule has 1 radical (unpaired) electrons. The van der Waals surface area contributed by atoms with Crippen LogP contribution in [0.5, 0.6) is 0 Å². The number of carbonyl (C=O) groups is 1. The number of benzene rings is 3. The molecule has 44 heavy (non-hydrogen) atoms. The maximum absolute atomic E-state index is 12.0. The first-order chi connectivity index (χ1) is 20.2. The Balaban J connectivity index is 0.000000345. The average Bonchev–Trinajstić information content (AvgIpc) is 2.95. The summed E-state index contributed by atoms with van der Waals surface area (Å²) in [5, 5.41) is 13.6. The summed E-state index contributed by atoms with van der Waals surface area (Å²) in [6, 6.07) is 21.1. The molecule has 4 rings (SSSR count). The van der Waals surface area contributed by atoms with E-state index in [1.165, 1.54) is 39.1 Å². The van der Waals surface area contributed by atoms with Crippen molar-refractivity contribution in [2.75, 3.05) is 0 Å². The van der Waals surface area contributed by atoms with Gasteiger partial charge in [0.25, 0.3) is 0 Å². The van der Waals surface area contributed by atoms with Crippen molar-refractivity contribution >= 4 is 27.5 Å². The Morgan fingerprint density at radius 1 is 0.909 bits per heavy atom. The number of aryl methyl sites for hydroxylation is 3. The number of ketones is 1. The van der Waals surface area contributed by atoms with Crippen LogP contribution in [0.1, 0.15) is 103 Å². The van der Waals surface area contributed by atoms with Crippen molar-refractivity contribution in [1.29, 1.82) is 0 Å². The van der Waals surface area contributed by atoms with Crippen molar-refractivity contribution in [2.45, 2.75) is 107 Å². The summed E-state index contributed by atoms with van der Waals surface area (Å²) < 4.78 is 0. The molecule has 1 aromatic heterocycles. The van der Waals surface area contributed by atoms with Crippen molar-refractivity contribution in [3.63, 3.8) is 0 Å². The minimum absolute atomic E-state index is 0. The summed E-state index contributed by atoms with van der Waals surface area (Å²) in [6.45, 7) is 23.3. The summed E-state index contributed by atoms with van der Waals surface area (Å²) in [5.74, 6) is 0.437. The molecule has 239 valence electrons. The summed E-state index contributed by atoms with van der Waals surface area (Å²) in [4.78, 5) is 17.1. The predicted octanol–water partition coefficient (Wildman–Crippen LogP) is 11.3. The third kappa shape index (κ3) is 8.46. The van der Waals surface area contributed by atoms with E-state index < -0.39 is 0 Å². The van der Waals surface area contributed by atoms with Gasteiger partial charge in [0.2, 0.25) is 0 Å². The van der Waals surface area contributed by atoms with E-state index in [2.05, 4.69) is 96.1 Å². The number of aliphatic hydroxyl groups is 1. The van der Waals surface area contributed by atoms with Gasteiger partial charge >= 0.3 is 0 Å². The van der Waals surface area contributed by atoms with Gasteiger partial charge in [0.1, 0.15) is 0 Å². The van der Waals surface area contributed by atoms with E-state index in [9.17, 15) is 9.90 Å². The van der Waals surface area contributed by atoms with Gasteiger partial charge in [0.15, 0.2) is 5.78 Å². The molecule has 0 spiro atoms. The van der Waals surface area contributed by atoms with Crippen LogP contribution in [-0.4, -0.2) is 15.9 Å². The zero-order valence-electron chi connectivity index (χ0n) is 28.7. The molecule has 0 aliphatic carbocycles. The Morgan fingerprint density at radius 3 is 2.07 bits per heavy atom. The van der Waals surface area contributed by atoms with Crippen molar-refractivity contribution in [1.82, 2.24) is 4.98 Å². The Morgan fingerprint density at radius 2 is 1.50 bits per heavy atom. The quantitative estimate of drug-likeness (QED) is 0.110. The van der Waals surface area contributed by atoms with Crippen LogP contribution in [0.15, 0.2) is 60.4 Å². The van der Waals surface area contributed by atoms with Crippen LogP contribution in [0.2, 0.25) is 0 Å². The molecule has 0 aliphatic rings. The molecule has 3 nitrogen and oxygen atoms in total. The minimum Gasteiger partial charge on any atom is -0.512 e. The molecule has 1 heterocycles. The Hall–Kier alpha value is -2.81. The van der Waals surface area contributed by atoms with E-state index in [0.29, 0.717) is 0 Å². The molecule has 0 atom stereocenters. The third-order valence-corrected chi connectivity index (χ3v) is 9.15. The Bertz CT molecular complexity index is 1620. The van der Waals surface area contributed by atoms with Gasteiger partial charge in [-0.3, -0.25) is 9.78 Å². The monoisotopic (exact) mass is 771 g/mol. The van der Waals surface area contributed by atoms with Crippen molar-refractivity contribution in [3.05, 3.63) is 88.7 Å². The zero-order chi connectivity index (χ0) is 32.1. The summed E-state index contributed by atoms with van der Waals surface area (Å²) in [7, 11) is 0. The largest absolute Gasteiger partial charge is 0.512 e. The van der Waals surface area contributed by atoms with E-state index >= 15 is 0 Å². The number of aromatic nitrogens is 1. The fraction of sp³-hybridized carbons (Fsp3) is 0.450. The molecule has 4 aromatic rings. The number of carbonyl (C=O) groups excluding carboxylic acids is 1. The minimum atomic E-state index is -0.319. The fourth-order valence-electron chi connectivity index (χ4n) is 5.84. The zero-order valence-corrected chi connectivity index (χ0v) is 31.1. The molecular weight excluding hydrogens is 719 g/mol. The number of allylic oxidation sites excluding steroid dienone is 2. The second-order valence-electron chi connectivity index (χ2n) is 13.4. The molecule has 0 unspecified atom stereocenters. The summed E-state index contributed by atoms with van der Waals surface area (Å²) in [5.41, 5.74) is 8.03. The van der Waals surface area contributed by atoms with Crippen LogP contribution < -0.4 is 0 Å². The van der Waals surface area contributed by atoms with Gasteiger partial charge in [0, 0.05) is 48.6 Å². The number of fused-ring (bicyclic) bond motifs is 2. The molecule has 0 saturated carbocycles. The van der Waals surface area contributed by atoms with Crippen LogP contribution in [-0.2, 0) is 30.3 Å². The van der Waals surface area contributed by atoms with Crippen LogP contribution in [0.3, 0.4) is 0 Å². The first-order valence-electron chi connectivity index (χ1n) is 16.0. The van der Waals surface area contributed by atoms with Gasteiger partial charge in [0.05, 0.1) is 11.3 Å². The summed E-state index contributed by atoms with van der Waals surface area (Å²) in [6.07, 6.45) is 4.83. The maximum Gasteiger partial charge on any atom is 0.164 e. The van der Waals surface area contributed by atoms with E-state index in [-0.39, 0.29) is 48.4 Å². The second kappa shape index (κ2) is 15.5.